The van der Waals surface area contributed by atoms with Gasteiger partial charge in [0.1, 0.15) is 5.82 Å². The molecule has 3 rings (SSSR count). The summed E-state index contributed by atoms with van der Waals surface area (Å²) >= 11 is 6.05. The van der Waals surface area contributed by atoms with Crippen molar-refractivity contribution >= 4 is 17.5 Å². The number of nitrogens with zero attached hydrogens (tertiary/aromatic N) is 3. The minimum absolute atomic E-state index is 0.192. The van der Waals surface area contributed by atoms with E-state index in [-0.39, 0.29) is 5.91 Å². The molecule has 0 fully saturated rings. The topological polar surface area (TPSA) is 51.3 Å². The third-order valence-electron chi connectivity index (χ3n) is 3.74. The zero-order chi connectivity index (χ0) is 17.6. The quantitative estimate of drug-likeness (QED) is 0.602. The molecule has 1 aromatic carbocycles. The van der Waals surface area contributed by atoms with Gasteiger partial charge in [0.05, 0.1) is 12.8 Å². The van der Waals surface area contributed by atoms with Gasteiger partial charge in [0.25, 0.3) is 5.91 Å². The molecule has 0 aliphatic carbocycles. The summed E-state index contributed by atoms with van der Waals surface area (Å²) in [6.45, 7) is 5.13. The van der Waals surface area contributed by atoms with Gasteiger partial charge in [-0.2, -0.15) is 0 Å². The largest absolute Gasteiger partial charge is 0.459 e. The van der Waals surface area contributed by atoms with E-state index in [1.165, 1.54) is 6.26 Å². The fraction of sp³-hybridized carbons (Fsp3) is 0.158. The molecule has 0 saturated carbocycles. The van der Waals surface area contributed by atoms with E-state index in [1.54, 1.807) is 29.3 Å². The standard InChI is InChI=1S/C19H18ClN3O2/c1-2-9-23(19(24)17-7-4-11-25-17)14-18-21-8-10-22(18)13-15-5-3-6-16(20)12-15/h2-8,10-12H,1,9,13-14H2. The molecule has 0 aliphatic heterocycles. The van der Waals surface area contributed by atoms with E-state index in [4.69, 9.17) is 16.0 Å². The van der Waals surface area contributed by atoms with Crippen molar-refractivity contribution in [2.75, 3.05) is 6.54 Å². The molecule has 128 valence electrons. The zero-order valence-corrected chi connectivity index (χ0v) is 14.4. The molecule has 0 saturated heterocycles. The summed E-state index contributed by atoms with van der Waals surface area (Å²) in [5.41, 5.74) is 1.07. The van der Waals surface area contributed by atoms with Gasteiger partial charge in [0.2, 0.25) is 0 Å². The third kappa shape index (κ3) is 4.19. The predicted octanol–water partition coefficient (Wildman–Crippen LogP) is 4.01. The van der Waals surface area contributed by atoms with Crippen molar-refractivity contribution in [1.29, 1.82) is 0 Å². The van der Waals surface area contributed by atoms with Crippen molar-refractivity contribution in [3.05, 3.63) is 89.9 Å². The number of carbonyl (C=O) groups is 1. The number of aromatic nitrogens is 2. The zero-order valence-electron chi connectivity index (χ0n) is 13.6. The predicted molar refractivity (Wildman–Crippen MR) is 96.4 cm³/mol. The number of imidazole rings is 1. The minimum Gasteiger partial charge on any atom is -0.459 e. The van der Waals surface area contributed by atoms with Crippen LogP contribution in [0.2, 0.25) is 5.02 Å². The molecule has 0 bridgehead atoms. The number of halogens is 1. The molecule has 0 aliphatic rings. The summed E-state index contributed by atoms with van der Waals surface area (Å²) in [5.74, 6) is 0.888. The average Bonchev–Trinajstić information content (AvgIpc) is 3.26. The van der Waals surface area contributed by atoms with Gasteiger partial charge in [-0.15, -0.1) is 6.58 Å². The van der Waals surface area contributed by atoms with E-state index in [9.17, 15) is 4.79 Å². The number of amides is 1. The Morgan fingerprint density at radius 2 is 2.24 bits per heavy atom. The smallest absolute Gasteiger partial charge is 0.290 e. The Morgan fingerprint density at radius 1 is 1.36 bits per heavy atom. The van der Waals surface area contributed by atoms with Gasteiger partial charge in [0, 0.05) is 30.5 Å². The van der Waals surface area contributed by atoms with Crippen LogP contribution in [0.25, 0.3) is 0 Å². The number of rotatable bonds is 7. The highest BCUT2D eigenvalue weighted by Gasteiger charge is 2.19. The van der Waals surface area contributed by atoms with Crippen LogP contribution < -0.4 is 0 Å². The lowest BCUT2D eigenvalue weighted by molar-refractivity contribution is 0.0725. The van der Waals surface area contributed by atoms with E-state index >= 15 is 0 Å². The summed E-state index contributed by atoms with van der Waals surface area (Å²) in [4.78, 5) is 18.6. The lowest BCUT2D eigenvalue weighted by atomic mass is 10.2. The van der Waals surface area contributed by atoms with E-state index < -0.39 is 0 Å². The maximum Gasteiger partial charge on any atom is 0.290 e. The molecule has 0 N–H and O–H groups in total. The van der Waals surface area contributed by atoms with Gasteiger partial charge >= 0.3 is 0 Å². The number of benzene rings is 1. The number of carbonyl (C=O) groups excluding carboxylic acids is 1. The van der Waals surface area contributed by atoms with Crippen LogP contribution in [0, 0.1) is 0 Å². The lowest BCUT2D eigenvalue weighted by Crippen LogP contribution is -2.31. The number of furan rings is 1. The third-order valence-corrected chi connectivity index (χ3v) is 3.98. The summed E-state index contributed by atoms with van der Waals surface area (Å²) in [6, 6.07) is 11.0. The van der Waals surface area contributed by atoms with E-state index in [1.807, 2.05) is 35.0 Å². The Bertz CT molecular complexity index is 855. The van der Waals surface area contributed by atoms with Gasteiger partial charge in [-0.1, -0.05) is 29.8 Å². The Balaban J connectivity index is 1.78. The van der Waals surface area contributed by atoms with E-state index in [2.05, 4.69) is 11.6 Å². The molecule has 3 aromatic rings. The SMILES string of the molecule is C=CCN(Cc1nccn1Cc1cccc(Cl)c1)C(=O)c1ccco1. The summed E-state index contributed by atoms with van der Waals surface area (Å²) in [6.07, 6.45) is 6.79. The molecular weight excluding hydrogens is 338 g/mol. The van der Waals surface area contributed by atoms with Crippen molar-refractivity contribution in [3.63, 3.8) is 0 Å². The van der Waals surface area contributed by atoms with Crippen LogP contribution in [-0.2, 0) is 13.1 Å². The molecular formula is C19H18ClN3O2. The summed E-state index contributed by atoms with van der Waals surface area (Å²) in [5, 5.41) is 0.695. The van der Waals surface area contributed by atoms with Crippen molar-refractivity contribution < 1.29 is 9.21 Å². The molecule has 5 nitrogen and oxygen atoms in total. The monoisotopic (exact) mass is 355 g/mol. The van der Waals surface area contributed by atoms with Gasteiger partial charge in [0.15, 0.2) is 5.76 Å². The van der Waals surface area contributed by atoms with Crippen LogP contribution in [0.3, 0.4) is 0 Å². The maximum absolute atomic E-state index is 12.6. The Kier molecular flexibility index (Phi) is 5.36. The minimum atomic E-state index is -0.192. The molecule has 2 aromatic heterocycles. The van der Waals surface area contributed by atoms with E-state index in [0.717, 1.165) is 11.4 Å². The maximum atomic E-state index is 12.6. The molecule has 2 heterocycles. The molecule has 1 amide bonds. The van der Waals surface area contributed by atoms with Crippen molar-refractivity contribution in [3.8, 4) is 0 Å². The second-order valence-corrected chi connectivity index (χ2v) is 5.99. The lowest BCUT2D eigenvalue weighted by Gasteiger charge is -2.20. The van der Waals surface area contributed by atoms with Crippen LogP contribution in [0.1, 0.15) is 21.9 Å². The Morgan fingerprint density at radius 3 is 2.96 bits per heavy atom. The van der Waals surface area contributed by atoms with Gasteiger partial charge in [-0.25, -0.2) is 4.98 Å². The highest BCUT2D eigenvalue weighted by atomic mass is 35.5. The van der Waals surface area contributed by atoms with Gasteiger partial charge < -0.3 is 13.9 Å². The number of hydrogen-bond acceptors (Lipinski definition) is 3. The fourth-order valence-corrected chi connectivity index (χ4v) is 2.78. The first-order valence-electron chi connectivity index (χ1n) is 7.85. The summed E-state index contributed by atoms with van der Waals surface area (Å²) < 4.78 is 7.21. The van der Waals surface area contributed by atoms with Gasteiger partial charge in [-0.3, -0.25) is 4.79 Å². The molecule has 6 heteroatoms. The molecule has 0 radical (unpaired) electrons. The van der Waals surface area contributed by atoms with Crippen LogP contribution in [0.4, 0.5) is 0 Å². The Labute approximate surface area is 151 Å². The highest BCUT2D eigenvalue weighted by Crippen LogP contribution is 2.14. The molecule has 0 atom stereocenters. The first-order valence-corrected chi connectivity index (χ1v) is 8.23. The second-order valence-electron chi connectivity index (χ2n) is 5.55. The highest BCUT2D eigenvalue weighted by molar-refractivity contribution is 6.30. The molecule has 25 heavy (non-hydrogen) atoms. The first kappa shape index (κ1) is 17.0. The van der Waals surface area contributed by atoms with Crippen LogP contribution in [0.15, 0.2) is 72.1 Å². The Hall–Kier alpha value is -2.79. The fourth-order valence-electron chi connectivity index (χ4n) is 2.57. The second kappa shape index (κ2) is 7.85. The van der Waals surface area contributed by atoms with E-state index in [0.29, 0.717) is 30.4 Å². The normalized spacial score (nSPS) is 10.6. The van der Waals surface area contributed by atoms with Crippen LogP contribution >= 0.6 is 11.6 Å². The van der Waals surface area contributed by atoms with Gasteiger partial charge in [-0.05, 0) is 29.8 Å². The van der Waals surface area contributed by atoms with Crippen molar-refractivity contribution in [2.45, 2.75) is 13.1 Å². The van der Waals surface area contributed by atoms with Crippen molar-refractivity contribution in [1.82, 2.24) is 14.5 Å². The average molecular weight is 356 g/mol. The summed E-state index contributed by atoms with van der Waals surface area (Å²) in [7, 11) is 0. The van der Waals surface area contributed by atoms with Crippen molar-refractivity contribution in [2.24, 2.45) is 0 Å². The first-order chi connectivity index (χ1) is 12.2. The van der Waals surface area contributed by atoms with Crippen LogP contribution in [-0.4, -0.2) is 26.9 Å². The number of hydrogen-bond donors (Lipinski definition) is 0. The molecule has 0 spiro atoms. The molecule has 0 unspecified atom stereocenters. The van der Waals surface area contributed by atoms with Crippen LogP contribution in [0.5, 0.6) is 0 Å².